The zero-order valence-corrected chi connectivity index (χ0v) is 15.7. The van der Waals surface area contributed by atoms with Crippen LogP contribution in [0.1, 0.15) is 6.92 Å². The number of nitrogens with one attached hydrogen (secondary N) is 1. The Bertz CT molecular complexity index is 1130. The van der Waals surface area contributed by atoms with Gasteiger partial charge in [0.25, 0.3) is 17.7 Å². The first kappa shape index (κ1) is 19.2. The molecule has 2 aromatic carbocycles. The second kappa shape index (κ2) is 7.36. The Morgan fingerprint density at radius 3 is 2.30 bits per heavy atom. The van der Waals surface area contributed by atoms with Crippen LogP contribution in [0.3, 0.4) is 0 Å². The lowest BCUT2D eigenvalue weighted by Gasteiger charge is -2.26. The fourth-order valence-electron chi connectivity index (χ4n) is 3.19. The molecule has 0 aliphatic carbocycles. The van der Waals surface area contributed by atoms with Crippen LogP contribution < -0.4 is 15.2 Å². The number of hydrogen-bond acceptors (Lipinski definition) is 5. The maximum absolute atomic E-state index is 13.2. The molecule has 1 atom stereocenters. The zero-order chi connectivity index (χ0) is 21.4. The molecule has 4 rings (SSSR count). The molecule has 1 N–H and O–H groups in total. The van der Waals surface area contributed by atoms with Gasteiger partial charge in [-0.25, -0.2) is 14.1 Å². The first-order chi connectivity index (χ1) is 14.4. The van der Waals surface area contributed by atoms with E-state index in [9.17, 15) is 23.6 Å². The zero-order valence-electron chi connectivity index (χ0n) is 15.7. The van der Waals surface area contributed by atoms with Gasteiger partial charge in [0.1, 0.15) is 11.4 Å². The highest BCUT2D eigenvalue weighted by Gasteiger charge is 2.40. The second-order valence-electron chi connectivity index (χ2n) is 6.66. The van der Waals surface area contributed by atoms with Gasteiger partial charge in [0.05, 0.1) is 23.0 Å². The largest absolute Gasteiger partial charge is 0.335 e. The fourth-order valence-corrected chi connectivity index (χ4v) is 3.19. The molecule has 0 aromatic heterocycles. The molecule has 5 amide bonds. The summed E-state index contributed by atoms with van der Waals surface area (Å²) < 4.78 is 13.2. The molecule has 150 valence electrons. The highest BCUT2D eigenvalue weighted by Crippen LogP contribution is 2.27. The van der Waals surface area contributed by atoms with Crippen molar-refractivity contribution in [3.63, 3.8) is 0 Å². The molecule has 0 unspecified atom stereocenters. The summed E-state index contributed by atoms with van der Waals surface area (Å²) in [6.45, 7) is 1.61. The molecule has 30 heavy (non-hydrogen) atoms. The molecule has 0 saturated carbocycles. The minimum absolute atomic E-state index is 0.0892. The monoisotopic (exact) mass is 406 g/mol. The first-order valence-electron chi connectivity index (χ1n) is 8.98. The number of carbonyl (C=O) groups excluding carboxylic acids is 4. The molecule has 0 radical (unpaired) electrons. The van der Waals surface area contributed by atoms with E-state index in [2.05, 4.69) is 10.4 Å². The number of benzene rings is 2. The van der Waals surface area contributed by atoms with E-state index in [1.807, 2.05) is 0 Å². The third-order valence-electron chi connectivity index (χ3n) is 4.70. The number of hydrogen-bond donors (Lipinski definition) is 1. The average molecular weight is 406 g/mol. The third kappa shape index (κ3) is 3.26. The van der Waals surface area contributed by atoms with Gasteiger partial charge in [-0.15, -0.1) is 0 Å². The van der Waals surface area contributed by atoms with Crippen LogP contribution in [0.4, 0.5) is 20.6 Å². The van der Waals surface area contributed by atoms with Crippen molar-refractivity contribution in [3.8, 4) is 0 Å². The van der Waals surface area contributed by atoms with Gasteiger partial charge in [0.2, 0.25) is 0 Å². The number of barbiturate groups is 1. The number of urea groups is 1. The quantitative estimate of drug-likeness (QED) is 0.625. The lowest BCUT2D eigenvalue weighted by atomic mass is 9.98. The minimum Gasteiger partial charge on any atom is -0.273 e. The summed E-state index contributed by atoms with van der Waals surface area (Å²) in [4.78, 5) is 51.0. The molecule has 0 spiro atoms. The minimum atomic E-state index is -0.956. The Hall–Kier alpha value is -4.14. The van der Waals surface area contributed by atoms with E-state index >= 15 is 0 Å². The summed E-state index contributed by atoms with van der Waals surface area (Å²) in [6, 6.07) is 12.4. The lowest BCUT2D eigenvalue weighted by molar-refractivity contribution is -0.122. The number of halogens is 1. The molecule has 9 heteroatoms. The van der Waals surface area contributed by atoms with Crippen LogP contribution in [0.2, 0.25) is 0 Å². The smallest absolute Gasteiger partial charge is 0.273 e. The van der Waals surface area contributed by atoms with Crippen molar-refractivity contribution in [3.05, 3.63) is 72.1 Å². The van der Waals surface area contributed by atoms with E-state index in [1.165, 1.54) is 23.2 Å². The Labute approximate surface area is 170 Å². The Kier molecular flexibility index (Phi) is 4.71. The van der Waals surface area contributed by atoms with E-state index in [0.29, 0.717) is 16.3 Å². The van der Waals surface area contributed by atoms with Gasteiger partial charge in [0, 0.05) is 0 Å². The van der Waals surface area contributed by atoms with E-state index in [1.54, 1.807) is 37.3 Å². The molecule has 8 nitrogen and oxygen atoms in total. The summed E-state index contributed by atoms with van der Waals surface area (Å²) in [6.07, 6.45) is 1.20. The third-order valence-corrected chi connectivity index (χ3v) is 4.70. The topological polar surface area (TPSA) is 99.2 Å². The SMILES string of the molecule is CC1=NN(c2ccccc2)C(=O)[C@@H]1/C=C1\C(=O)NC(=O)N(c2ccc(F)cc2)C1=O. The van der Waals surface area contributed by atoms with Crippen molar-refractivity contribution >= 4 is 40.8 Å². The predicted octanol–water partition coefficient (Wildman–Crippen LogP) is 2.37. The maximum Gasteiger partial charge on any atom is 0.335 e. The maximum atomic E-state index is 13.2. The number of hydrazone groups is 1. The van der Waals surface area contributed by atoms with Gasteiger partial charge in [-0.2, -0.15) is 10.1 Å². The average Bonchev–Trinajstić information content (AvgIpc) is 3.01. The molecule has 2 heterocycles. The van der Waals surface area contributed by atoms with Crippen LogP contribution in [-0.2, 0) is 14.4 Å². The van der Waals surface area contributed by atoms with Gasteiger partial charge in [-0.3, -0.25) is 19.7 Å². The summed E-state index contributed by atoms with van der Waals surface area (Å²) in [5, 5.41) is 7.50. The summed E-state index contributed by atoms with van der Waals surface area (Å²) in [5.41, 5.74) is 0.653. The molecule has 1 saturated heterocycles. The van der Waals surface area contributed by atoms with Crippen LogP contribution in [-0.4, -0.2) is 29.5 Å². The van der Waals surface area contributed by atoms with Crippen molar-refractivity contribution in [1.29, 1.82) is 0 Å². The normalized spacial score (nSPS) is 20.7. The molecule has 2 aliphatic heterocycles. The van der Waals surface area contributed by atoms with Gasteiger partial charge < -0.3 is 0 Å². The van der Waals surface area contributed by atoms with Crippen LogP contribution in [0.15, 0.2) is 71.3 Å². The van der Waals surface area contributed by atoms with Crippen LogP contribution in [0.5, 0.6) is 0 Å². The Morgan fingerprint density at radius 2 is 1.63 bits per heavy atom. The molecular formula is C21H15FN4O4. The van der Waals surface area contributed by atoms with E-state index in [0.717, 1.165) is 12.1 Å². The van der Waals surface area contributed by atoms with Gasteiger partial charge in [0.15, 0.2) is 0 Å². The first-order valence-corrected chi connectivity index (χ1v) is 8.98. The standard InChI is InChI=1S/C21H15FN4O4/c1-12-16(20(29)26(24-12)15-5-3-2-4-6-15)11-17-18(27)23-21(30)25(19(17)28)14-9-7-13(22)8-10-14/h2-11,16H,1H3,(H,23,27,30)/b17-11+/t16-/m1/s1. The second-order valence-corrected chi connectivity index (χ2v) is 6.66. The number of para-hydroxylation sites is 1. The van der Waals surface area contributed by atoms with Crippen molar-refractivity contribution in [2.75, 3.05) is 9.91 Å². The summed E-state index contributed by atoms with van der Waals surface area (Å²) in [7, 11) is 0. The fraction of sp³-hybridized carbons (Fsp3) is 0.0952. The number of carbonyl (C=O) groups is 4. The Morgan fingerprint density at radius 1 is 0.967 bits per heavy atom. The molecular weight excluding hydrogens is 391 g/mol. The van der Waals surface area contributed by atoms with E-state index in [4.69, 9.17) is 0 Å². The number of rotatable bonds is 3. The summed E-state index contributed by atoms with van der Waals surface area (Å²) >= 11 is 0. The van der Waals surface area contributed by atoms with E-state index in [-0.39, 0.29) is 11.3 Å². The molecule has 2 aliphatic rings. The van der Waals surface area contributed by atoms with Gasteiger partial charge >= 0.3 is 6.03 Å². The van der Waals surface area contributed by atoms with Crippen LogP contribution >= 0.6 is 0 Å². The Balaban J connectivity index is 1.67. The predicted molar refractivity (Wildman–Crippen MR) is 106 cm³/mol. The lowest BCUT2D eigenvalue weighted by Crippen LogP contribution is -2.54. The van der Waals surface area contributed by atoms with Crippen molar-refractivity contribution in [1.82, 2.24) is 5.32 Å². The number of anilines is 2. The van der Waals surface area contributed by atoms with Crippen LogP contribution in [0, 0.1) is 11.7 Å². The highest BCUT2D eigenvalue weighted by molar-refractivity contribution is 6.38. The van der Waals surface area contributed by atoms with Crippen molar-refractivity contribution in [2.45, 2.75) is 6.92 Å². The van der Waals surface area contributed by atoms with E-state index < -0.39 is 35.5 Å². The number of imide groups is 2. The van der Waals surface area contributed by atoms with Gasteiger partial charge in [-0.05, 0) is 49.4 Å². The highest BCUT2D eigenvalue weighted by atomic mass is 19.1. The number of amides is 5. The van der Waals surface area contributed by atoms with Crippen molar-refractivity contribution < 1.29 is 23.6 Å². The van der Waals surface area contributed by atoms with Crippen molar-refractivity contribution in [2.24, 2.45) is 11.0 Å². The number of nitrogens with zero attached hydrogens (tertiary/aromatic N) is 3. The molecule has 1 fully saturated rings. The van der Waals surface area contributed by atoms with Gasteiger partial charge in [-0.1, -0.05) is 18.2 Å². The summed E-state index contributed by atoms with van der Waals surface area (Å²) in [5.74, 6) is -3.74. The molecule has 0 bridgehead atoms. The molecule has 2 aromatic rings. The van der Waals surface area contributed by atoms with Crippen LogP contribution in [0.25, 0.3) is 0 Å².